The second-order valence-corrected chi connectivity index (χ2v) is 3.65. The summed E-state index contributed by atoms with van der Waals surface area (Å²) in [5.41, 5.74) is 3.77. The van der Waals surface area contributed by atoms with Gasteiger partial charge in [0.1, 0.15) is 0 Å². The maximum atomic E-state index is 3.63. The molecule has 2 rings (SSSR count). The number of hydrogen-bond acceptors (Lipinski definition) is 1. The normalized spacial score (nSPS) is 9.75. The van der Waals surface area contributed by atoms with Crippen LogP contribution in [-0.4, -0.2) is 0 Å². The van der Waals surface area contributed by atoms with E-state index in [0.717, 1.165) is 6.54 Å². The van der Waals surface area contributed by atoms with Gasteiger partial charge in [-0.15, -0.1) is 0 Å². The van der Waals surface area contributed by atoms with Gasteiger partial charge in [0.2, 0.25) is 0 Å². The largest absolute Gasteiger partial charge is 0.387 e. The Morgan fingerprint density at radius 1 is 0.875 bits per heavy atom. The fourth-order valence-corrected chi connectivity index (χ4v) is 1.64. The molecule has 1 heteroatoms. The first-order valence-electron chi connectivity index (χ1n) is 5.39. The zero-order chi connectivity index (χ0) is 11.2. The summed E-state index contributed by atoms with van der Waals surface area (Å²) in [6.45, 7) is 4.46. The zero-order valence-corrected chi connectivity index (χ0v) is 9.19. The van der Waals surface area contributed by atoms with Crippen molar-refractivity contribution in [3.05, 3.63) is 72.9 Å². The molecule has 0 heterocycles. The van der Waals surface area contributed by atoms with Gasteiger partial charge in [-0.05, 0) is 22.9 Å². The summed E-state index contributed by atoms with van der Waals surface area (Å²) in [6, 6.07) is 19.0. The molecular formula is C15H15N. The van der Waals surface area contributed by atoms with Crippen molar-refractivity contribution in [1.82, 2.24) is 5.32 Å². The summed E-state index contributed by atoms with van der Waals surface area (Å²) in [7, 11) is 0. The predicted octanol–water partition coefficient (Wildman–Crippen LogP) is 3.59. The fraction of sp³-hybridized carbons (Fsp3) is 0.0667. The molecule has 1 N–H and O–H groups in total. The highest BCUT2D eigenvalue weighted by Crippen LogP contribution is 2.18. The van der Waals surface area contributed by atoms with E-state index in [2.05, 4.69) is 60.4 Å². The van der Waals surface area contributed by atoms with E-state index in [1.165, 1.54) is 16.7 Å². The predicted molar refractivity (Wildman–Crippen MR) is 68.9 cm³/mol. The SMILES string of the molecule is C=CNCc1ccc(-c2ccccc2)cc1. The van der Waals surface area contributed by atoms with Crippen LogP contribution in [0, 0.1) is 0 Å². The van der Waals surface area contributed by atoms with Gasteiger partial charge in [-0.1, -0.05) is 61.2 Å². The van der Waals surface area contributed by atoms with Crippen LogP contribution in [0.4, 0.5) is 0 Å². The van der Waals surface area contributed by atoms with E-state index in [-0.39, 0.29) is 0 Å². The summed E-state index contributed by atoms with van der Waals surface area (Å²) in [5, 5.41) is 3.09. The van der Waals surface area contributed by atoms with Gasteiger partial charge in [-0.2, -0.15) is 0 Å². The molecule has 0 aromatic heterocycles. The average Bonchev–Trinajstić information content (AvgIpc) is 2.38. The van der Waals surface area contributed by atoms with E-state index in [9.17, 15) is 0 Å². The molecule has 80 valence electrons. The topological polar surface area (TPSA) is 12.0 Å². The van der Waals surface area contributed by atoms with E-state index < -0.39 is 0 Å². The van der Waals surface area contributed by atoms with Crippen LogP contribution in [0.15, 0.2) is 67.4 Å². The van der Waals surface area contributed by atoms with Crippen molar-refractivity contribution in [2.75, 3.05) is 0 Å². The molecule has 0 aliphatic carbocycles. The van der Waals surface area contributed by atoms with Crippen molar-refractivity contribution >= 4 is 0 Å². The first kappa shape index (κ1) is 10.5. The van der Waals surface area contributed by atoms with Gasteiger partial charge in [0.25, 0.3) is 0 Å². The van der Waals surface area contributed by atoms with Crippen LogP contribution in [0.2, 0.25) is 0 Å². The minimum atomic E-state index is 0.832. The molecule has 0 radical (unpaired) electrons. The molecule has 0 unspecified atom stereocenters. The highest BCUT2D eigenvalue weighted by Gasteiger charge is 1.96. The van der Waals surface area contributed by atoms with E-state index in [1.54, 1.807) is 6.20 Å². The van der Waals surface area contributed by atoms with Gasteiger partial charge in [-0.25, -0.2) is 0 Å². The Morgan fingerprint density at radius 2 is 1.50 bits per heavy atom. The van der Waals surface area contributed by atoms with Crippen LogP contribution < -0.4 is 5.32 Å². The van der Waals surface area contributed by atoms with Crippen molar-refractivity contribution in [1.29, 1.82) is 0 Å². The smallest absolute Gasteiger partial charge is 0.0395 e. The minimum Gasteiger partial charge on any atom is -0.387 e. The Hall–Kier alpha value is -2.02. The Kier molecular flexibility index (Phi) is 3.39. The molecule has 2 aromatic rings. The first-order chi connectivity index (χ1) is 7.90. The maximum Gasteiger partial charge on any atom is 0.0395 e. The van der Waals surface area contributed by atoms with Crippen LogP contribution in [0.5, 0.6) is 0 Å². The highest BCUT2D eigenvalue weighted by atomic mass is 14.8. The Bertz CT molecular complexity index is 443. The third-order valence-electron chi connectivity index (χ3n) is 2.51. The second-order valence-electron chi connectivity index (χ2n) is 3.65. The molecule has 2 aromatic carbocycles. The lowest BCUT2D eigenvalue weighted by Gasteiger charge is -2.04. The van der Waals surface area contributed by atoms with Gasteiger partial charge < -0.3 is 5.32 Å². The molecule has 0 fully saturated rings. The van der Waals surface area contributed by atoms with E-state index >= 15 is 0 Å². The number of benzene rings is 2. The van der Waals surface area contributed by atoms with E-state index in [0.29, 0.717) is 0 Å². The molecule has 0 saturated carbocycles. The fourth-order valence-electron chi connectivity index (χ4n) is 1.64. The van der Waals surface area contributed by atoms with Crippen LogP contribution >= 0.6 is 0 Å². The molecule has 0 bridgehead atoms. The maximum absolute atomic E-state index is 3.63. The lowest BCUT2D eigenvalue weighted by Crippen LogP contribution is -2.02. The number of rotatable bonds is 4. The second kappa shape index (κ2) is 5.17. The molecular weight excluding hydrogens is 194 g/mol. The lowest BCUT2D eigenvalue weighted by molar-refractivity contribution is 0.873. The van der Waals surface area contributed by atoms with Gasteiger partial charge in [-0.3, -0.25) is 0 Å². The summed E-state index contributed by atoms with van der Waals surface area (Å²) in [5.74, 6) is 0. The van der Waals surface area contributed by atoms with Crippen molar-refractivity contribution in [2.45, 2.75) is 6.54 Å². The highest BCUT2D eigenvalue weighted by molar-refractivity contribution is 5.63. The van der Waals surface area contributed by atoms with Gasteiger partial charge >= 0.3 is 0 Å². The molecule has 0 amide bonds. The van der Waals surface area contributed by atoms with Crippen molar-refractivity contribution in [3.8, 4) is 11.1 Å². The third-order valence-corrected chi connectivity index (χ3v) is 2.51. The molecule has 16 heavy (non-hydrogen) atoms. The molecule has 0 aliphatic heterocycles. The summed E-state index contributed by atoms with van der Waals surface area (Å²) < 4.78 is 0. The van der Waals surface area contributed by atoms with Crippen LogP contribution in [0.3, 0.4) is 0 Å². The zero-order valence-electron chi connectivity index (χ0n) is 9.19. The lowest BCUT2D eigenvalue weighted by atomic mass is 10.0. The number of nitrogens with one attached hydrogen (secondary N) is 1. The Balaban J connectivity index is 2.16. The average molecular weight is 209 g/mol. The van der Waals surface area contributed by atoms with Crippen LogP contribution in [-0.2, 0) is 6.54 Å². The third kappa shape index (κ3) is 2.51. The molecule has 0 spiro atoms. The quantitative estimate of drug-likeness (QED) is 0.811. The molecule has 0 saturated heterocycles. The minimum absolute atomic E-state index is 0.832. The summed E-state index contributed by atoms with van der Waals surface area (Å²) in [6.07, 6.45) is 1.71. The van der Waals surface area contributed by atoms with E-state index in [1.807, 2.05) is 6.07 Å². The molecule has 1 nitrogen and oxygen atoms in total. The molecule has 0 aliphatic rings. The van der Waals surface area contributed by atoms with Crippen LogP contribution in [0.1, 0.15) is 5.56 Å². The van der Waals surface area contributed by atoms with Gasteiger partial charge in [0.05, 0.1) is 0 Å². The van der Waals surface area contributed by atoms with E-state index in [4.69, 9.17) is 0 Å². The van der Waals surface area contributed by atoms with Gasteiger partial charge in [0.15, 0.2) is 0 Å². The van der Waals surface area contributed by atoms with Crippen LogP contribution in [0.25, 0.3) is 11.1 Å². The van der Waals surface area contributed by atoms with Crippen molar-refractivity contribution in [2.24, 2.45) is 0 Å². The van der Waals surface area contributed by atoms with Gasteiger partial charge in [0, 0.05) is 6.54 Å². The molecule has 0 atom stereocenters. The summed E-state index contributed by atoms with van der Waals surface area (Å²) in [4.78, 5) is 0. The van der Waals surface area contributed by atoms with Crippen molar-refractivity contribution in [3.63, 3.8) is 0 Å². The summed E-state index contributed by atoms with van der Waals surface area (Å²) >= 11 is 0. The van der Waals surface area contributed by atoms with Crippen molar-refractivity contribution < 1.29 is 0 Å². The number of hydrogen-bond donors (Lipinski definition) is 1. The monoisotopic (exact) mass is 209 g/mol. The first-order valence-corrected chi connectivity index (χ1v) is 5.39. The standard InChI is InChI=1S/C15H15N/c1-2-16-12-13-8-10-15(11-9-13)14-6-4-3-5-7-14/h2-11,16H,1,12H2. The Morgan fingerprint density at radius 3 is 2.12 bits per heavy atom. The Labute approximate surface area is 96.4 Å².